The van der Waals surface area contributed by atoms with Crippen LogP contribution in [-0.4, -0.2) is 51.7 Å². The maximum absolute atomic E-state index is 5.61. The van der Waals surface area contributed by atoms with Crippen LogP contribution in [0, 0.1) is 0 Å². The van der Waals surface area contributed by atoms with Crippen molar-refractivity contribution in [3.8, 4) is 6.01 Å². The molecule has 1 saturated heterocycles. The number of hydrogen-bond donors (Lipinski definition) is 1. The molecule has 1 aromatic rings. The molecule has 1 aliphatic rings. The SMILES string of the molecule is CNc1nc(OC(C)C)nc(N2CCSC(C)(C)C2)n1. The molecule has 0 bridgehead atoms. The number of aromatic nitrogens is 3. The van der Waals surface area contributed by atoms with Crippen LogP contribution in [0.4, 0.5) is 11.9 Å². The standard InChI is InChI=1S/C13H23N5OS/c1-9(2)19-12-16-10(14-5)15-11(17-12)18-6-7-20-13(3,4)8-18/h9H,6-8H2,1-5H3,(H,14,15,16,17). The number of ether oxygens (including phenoxy) is 1. The molecule has 0 aromatic carbocycles. The van der Waals surface area contributed by atoms with Crippen molar-refractivity contribution in [1.29, 1.82) is 0 Å². The summed E-state index contributed by atoms with van der Waals surface area (Å²) in [6.07, 6.45) is 0.0447. The lowest BCUT2D eigenvalue weighted by atomic mass is 10.2. The van der Waals surface area contributed by atoms with E-state index >= 15 is 0 Å². The monoisotopic (exact) mass is 297 g/mol. The van der Waals surface area contributed by atoms with Gasteiger partial charge in [0.1, 0.15) is 0 Å². The average Bonchev–Trinajstić information content (AvgIpc) is 2.36. The quantitative estimate of drug-likeness (QED) is 0.912. The number of nitrogens with one attached hydrogen (secondary N) is 1. The molecule has 7 heteroatoms. The zero-order valence-corrected chi connectivity index (χ0v) is 13.6. The predicted octanol–water partition coefficient (Wildman–Crippen LogP) is 2.03. The van der Waals surface area contributed by atoms with Crippen LogP contribution in [0.5, 0.6) is 6.01 Å². The molecular formula is C13H23N5OS. The van der Waals surface area contributed by atoms with Crippen LogP contribution < -0.4 is 15.0 Å². The summed E-state index contributed by atoms with van der Waals surface area (Å²) in [6, 6.07) is 0.380. The van der Waals surface area contributed by atoms with Crippen LogP contribution in [0.1, 0.15) is 27.7 Å². The zero-order chi connectivity index (χ0) is 14.8. The maximum Gasteiger partial charge on any atom is 0.323 e. The van der Waals surface area contributed by atoms with Gasteiger partial charge in [0.2, 0.25) is 11.9 Å². The Balaban J connectivity index is 2.25. The highest BCUT2D eigenvalue weighted by atomic mass is 32.2. The van der Waals surface area contributed by atoms with E-state index in [1.807, 2.05) is 25.6 Å². The van der Waals surface area contributed by atoms with Crippen LogP contribution in [0.15, 0.2) is 0 Å². The summed E-state index contributed by atoms with van der Waals surface area (Å²) in [5.74, 6) is 2.31. The molecule has 1 fully saturated rings. The zero-order valence-electron chi connectivity index (χ0n) is 12.8. The van der Waals surface area contributed by atoms with Gasteiger partial charge in [-0.05, 0) is 27.7 Å². The molecule has 1 aromatic heterocycles. The summed E-state index contributed by atoms with van der Waals surface area (Å²) >= 11 is 1.98. The minimum absolute atomic E-state index is 0.0447. The van der Waals surface area contributed by atoms with Crippen molar-refractivity contribution in [1.82, 2.24) is 15.0 Å². The maximum atomic E-state index is 5.61. The van der Waals surface area contributed by atoms with Gasteiger partial charge in [-0.2, -0.15) is 26.7 Å². The number of thioether (sulfide) groups is 1. The molecule has 0 amide bonds. The van der Waals surface area contributed by atoms with Gasteiger partial charge in [0.25, 0.3) is 0 Å². The van der Waals surface area contributed by atoms with Gasteiger partial charge in [0.15, 0.2) is 0 Å². The van der Waals surface area contributed by atoms with E-state index in [1.54, 1.807) is 7.05 Å². The fourth-order valence-corrected chi connectivity index (χ4v) is 3.16. The molecule has 0 spiro atoms. The van der Waals surface area contributed by atoms with Crippen LogP contribution in [0.2, 0.25) is 0 Å². The van der Waals surface area contributed by atoms with Gasteiger partial charge in [0, 0.05) is 30.6 Å². The van der Waals surface area contributed by atoms with E-state index in [9.17, 15) is 0 Å². The second-order valence-corrected chi connectivity index (χ2v) is 7.49. The second kappa shape index (κ2) is 6.03. The molecule has 1 N–H and O–H groups in total. The molecular weight excluding hydrogens is 274 g/mol. The molecule has 1 aliphatic heterocycles. The predicted molar refractivity (Wildman–Crippen MR) is 83.9 cm³/mol. The number of hydrogen-bond acceptors (Lipinski definition) is 7. The third-order valence-corrected chi connectivity index (χ3v) is 4.17. The third-order valence-electron chi connectivity index (χ3n) is 2.88. The van der Waals surface area contributed by atoms with E-state index in [0.717, 1.165) is 18.8 Å². The van der Waals surface area contributed by atoms with E-state index in [0.29, 0.717) is 17.9 Å². The smallest absolute Gasteiger partial charge is 0.323 e. The first kappa shape index (κ1) is 15.2. The Bertz CT molecular complexity index is 466. The Morgan fingerprint density at radius 3 is 2.65 bits per heavy atom. The Morgan fingerprint density at radius 1 is 1.30 bits per heavy atom. The number of anilines is 2. The Labute approximate surface area is 124 Å². The van der Waals surface area contributed by atoms with Crippen molar-refractivity contribution in [2.75, 3.05) is 36.1 Å². The van der Waals surface area contributed by atoms with Crippen LogP contribution >= 0.6 is 11.8 Å². The third kappa shape index (κ3) is 3.88. The summed E-state index contributed by atoms with van der Waals surface area (Å²) in [4.78, 5) is 15.3. The van der Waals surface area contributed by atoms with Crippen molar-refractivity contribution in [2.45, 2.75) is 38.5 Å². The first-order valence-corrected chi connectivity index (χ1v) is 7.87. The van der Waals surface area contributed by atoms with E-state index in [2.05, 4.69) is 39.0 Å². The van der Waals surface area contributed by atoms with E-state index in [4.69, 9.17) is 4.74 Å². The highest BCUT2D eigenvalue weighted by Crippen LogP contribution is 2.31. The van der Waals surface area contributed by atoms with Gasteiger partial charge in [0.05, 0.1) is 6.10 Å². The molecule has 0 unspecified atom stereocenters. The van der Waals surface area contributed by atoms with Gasteiger partial charge >= 0.3 is 6.01 Å². The van der Waals surface area contributed by atoms with E-state index in [-0.39, 0.29) is 10.9 Å². The fourth-order valence-electron chi connectivity index (χ4n) is 2.05. The highest BCUT2D eigenvalue weighted by molar-refractivity contribution is 8.00. The molecule has 2 heterocycles. The van der Waals surface area contributed by atoms with Crippen molar-refractivity contribution in [3.63, 3.8) is 0 Å². The summed E-state index contributed by atoms with van der Waals surface area (Å²) in [5.41, 5.74) is 0. The first-order valence-electron chi connectivity index (χ1n) is 6.89. The molecule has 6 nitrogen and oxygen atoms in total. The van der Waals surface area contributed by atoms with Gasteiger partial charge < -0.3 is 15.0 Å². The lowest BCUT2D eigenvalue weighted by molar-refractivity contribution is 0.222. The minimum atomic E-state index is 0.0447. The van der Waals surface area contributed by atoms with Crippen LogP contribution in [-0.2, 0) is 0 Å². The van der Waals surface area contributed by atoms with Gasteiger partial charge in [-0.3, -0.25) is 0 Å². The number of nitrogens with zero attached hydrogens (tertiary/aromatic N) is 4. The Morgan fingerprint density at radius 2 is 2.05 bits per heavy atom. The summed E-state index contributed by atoms with van der Waals surface area (Å²) in [6.45, 7) is 10.3. The largest absolute Gasteiger partial charge is 0.461 e. The summed E-state index contributed by atoms with van der Waals surface area (Å²) in [5, 5.41) is 2.97. The normalized spacial score (nSPS) is 18.2. The molecule has 0 radical (unpaired) electrons. The summed E-state index contributed by atoms with van der Waals surface area (Å²) in [7, 11) is 1.80. The van der Waals surface area contributed by atoms with Crippen LogP contribution in [0.25, 0.3) is 0 Å². The molecule has 0 atom stereocenters. The molecule has 112 valence electrons. The van der Waals surface area contributed by atoms with Crippen molar-refractivity contribution in [3.05, 3.63) is 0 Å². The molecule has 0 saturated carbocycles. The number of rotatable bonds is 4. The lowest BCUT2D eigenvalue weighted by Gasteiger charge is -2.37. The fraction of sp³-hybridized carbons (Fsp3) is 0.769. The molecule has 0 aliphatic carbocycles. The van der Waals surface area contributed by atoms with Crippen molar-refractivity contribution >= 4 is 23.7 Å². The summed E-state index contributed by atoms with van der Waals surface area (Å²) < 4.78 is 5.82. The minimum Gasteiger partial charge on any atom is -0.461 e. The highest BCUT2D eigenvalue weighted by Gasteiger charge is 2.29. The average molecular weight is 297 g/mol. The topological polar surface area (TPSA) is 63.2 Å². The lowest BCUT2D eigenvalue weighted by Crippen LogP contribution is -2.44. The molecule has 2 rings (SSSR count). The van der Waals surface area contributed by atoms with Gasteiger partial charge in [-0.15, -0.1) is 0 Å². The van der Waals surface area contributed by atoms with Crippen LogP contribution in [0.3, 0.4) is 0 Å². The van der Waals surface area contributed by atoms with Crippen molar-refractivity contribution in [2.24, 2.45) is 0 Å². The van der Waals surface area contributed by atoms with E-state index < -0.39 is 0 Å². The first-order chi connectivity index (χ1) is 9.39. The van der Waals surface area contributed by atoms with Gasteiger partial charge in [-0.25, -0.2) is 0 Å². The second-order valence-electron chi connectivity index (χ2n) is 5.69. The molecule has 20 heavy (non-hydrogen) atoms. The van der Waals surface area contributed by atoms with Gasteiger partial charge in [-0.1, -0.05) is 0 Å². The Kier molecular flexibility index (Phi) is 4.57. The van der Waals surface area contributed by atoms with E-state index in [1.165, 1.54) is 0 Å². The van der Waals surface area contributed by atoms with Crippen molar-refractivity contribution < 1.29 is 4.74 Å². The Hall–Kier alpha value is -1.24.